The van der Waals surface area contributed by atoms with Crippen molar-refractivity contribution in [1.82, 2.24) is 19.0 Å². The third kappa shape index (κ3) is 4.74. The SMILES string of the molecule is Cc1nsnc1CSCC(=O)NC1CCN(C)CC1. The van der Waals surface area contributed by atoms with Crippen LogP contribution in [-0.4, -0.2) is 51.5 Å². The summed E-state index contributed by atoms with van der Waals surface area (Å²) in [5, 5.41) is 3.11. The number of rotatable bonds is 5. The highest BCUT2D eigenvalue weighted by Gasteiger charge is 2.18. The molecule has 1 aliphatic heterocycles. The molecular weight excluding hydrogens is 280 g/mol. The molecular formula is C12H20N4OS2. The summed E-state index contributed by atoms with van der Waals surface area (Å²) in [4.78, 5) is 14.1. The monoisotopic (exact) mass is 300 g/mol. The first-order valence-corrected chi connectivity index (χ1v) is 8.37. The summed E-state index contributed by atoms with van der Waals surface area (Å²) in [7, 11) is 2.12. The van der Waals surface area contributed by atoms with E-state index in [-0.39, 0.29) is 5.91 Å². The summed E-state index contributed by atoms with van der Waals surface area (Å²) in [5.41, 5.74) is 1.98. The van der Waals surface area contributed by atoms with Crippen LogP contribution in [0.15, 0.2) is 0 Å². The second-order valence-corrected chi connectivity index (χ2v) is 6.45. The second kappa shape index (κ2) is 7.21. The lowest BCUT2D eigenvalue weighted by Crippen LogP contribution is -2.43. The molecule has 1 amide bonds. The molecule has 5 nitrogen and oxygen atoms in total. The zero-order valence-electron chi connectivity index (χ0n) is 11.4. The number of thioether (sulfide) groups is 1. The molecule has 0 atom stereocenters. The smallest absolute Gasteiger partial charge is 0.230 e. The number of likely N-dealkylation sites (tertiary alicyclic amines) is 1. The first-order chi connectivity index (χ1) is 9.15. The number of hydrogen-bond acceptors (Lipinski definition) is 6. The Morgan fingerprint density at radius 3 is 2.84 bits per heavy atom. The number of hydrogen-bond donors (Lipinski definition) is 1. The van der Waals surface area contributed by atoms with Gasteiger partial charge in [0.25, 0.3) is 0 Å². The van der Waals surface area contributed by atoms with Gasteiger partial charge in [-0.25, -0.2) is 0 Å². The highest BCUT2D eigenvalue weighted by atomic mass is 32.2. The fourth-order valence-corrected chi connectivity index (χ4v) is 3.53. The van der Waals surface area contributed by atoms with Gasteiger partial charge in [0.1, 0.15) is 0 Å². The van der Waals surface area contributed by atoms with Crippen molar-refractivity contribution >= 4 is 29.4 Å². The zero-order valence-corrected chi connectivity index (χ0v) is 13.0. The van der Waals surface area contributed by atoms with Crippen molar-refractivity contribution < 1.29 is 4.79 Å². The van der Waals surface area contributed by atoms with Gasteiger partial charge in [0.2, 0.25) is 5.91 Å². The third-order valence-corrected chi connectivity index (χ3v) is 4.90. The molecule has 1 aromatic rings. The molecule has 1 aromatic heterocycles. The van der Waals surface area contributed by atoms with E-state index in [0.717, 1.165) is 43.1 Å². The van der Waals surface area contributed by atoms with Gasteiger partial charge < -0.3 is 10.2 Å². The second-order valence-electron chi connectivity index (χ2n) is 4.93. The van der Waals surface area contributed by atoms with Crippen LogP contribution in [0.5, 0.6) is 0 Å². The quantitative estimate of drug-likeness (QED) is 0.888. The molecule has 1 N–H and O–H groups in total. The average Bonchev–Trinajstić information content (AvgIpc) is 2.78. The van der Waals surface area contributed by atoms with Gasteiger partial charge in [0.05, 0.1) is 28.9 Å². The van der Waals surface area contributed by atoms with E-state index >= 15 is 0 Å². The molecule has 1 aliphatic rings. The van der Waals surface area contributed by atoms with Gasteiger partial charge in [0.15, 0.2) is 0 Å². The van der Waals surface area contributed by atoms with E-state index in [9.17, 15) is 4.79 Å². The van der Waals surface area contributed by atoms with Crippen LogP contribution in [0.2, 0.25) is 0 Å². The van der Waals surface area contributed by atoms with Crippen LogP contribution in [0.25, 0.3) is 0 Å². The van der Waals surface area contributed by atoms with Gasteiger partial charge in [0, 0.05) is 11.8 Å². The molecule has 2 rings (SSSR count). The highest BCUT2D eigenvalue weighted by molar-refractivity contribution is 7.99. The molecule has 0 spiro atoms. The molecule has 0 saturated carbocycles. The number of amides is 1. The normalized spacial score (nSPS) is 17.6. The van der Waals surface area contributed by atoms with Gasteiger partial charge >= 0.3 is 0 Å². The highest BCUT2D eigenvalue weighted by Crippen LogP contribution is 2.14. The molecule has 2 heterocycles. The molecule has 1 saturated heterocycles. The molecule has 0 bridgehead atoms. The van der Waals surface area contributed by atoms with Crippen LogP contribution in [0.4, 0.5) is 0 Å². The fraction of sp³-hybridized carbons (Fsp3) is 0.750. The molecule has 106 valence electrons. The summed E-state index contributed by atoms with van der Waals surface area (Å²) in [6, 6.07) is 0.354. The minimum atomic E-state index is 0.139. The lowest BCUT2D eigenvalue weighted by molar-refractivity contribution is -0.119. The van der Waals surface area contributed by atoms with Gasteiger partial charge in [-0.3, -0.25) is 4.79 Å². The maximum atomic E-state index is 11.8. The van der Waals surface area contributed by atoms with Gasteiger partial charge in [-0.1, -0.05) is 0 Å². The van der Waals surface area contributed by atoms with E-state index in [0.29, 0.717) is 11.8 Å². The number of nitrogens with one attached hydrogen (secondary N) is 1. The van der Waals surface area contributed by atoms with Crippen molar-refractivity contribution in [2.45, 2.75) is 31.6 Å². The van der Waals surface area contributed by atoms with Crippen LogP contribution in [0, 0.1) is 6.92 Å². The number of carbonyl (C=O) groups excluding carboxylic acids is 1. The Labute approximate surface area is 122 Å². The Balaban J connectivity index is 1.63. The maximum absolute atomic E-state index is 11.8. The number of aryl methyl sites for hydroxylation is 1. The van der Waals surface area contributed by atoms with Crippen LogP contribution < -0.4 is 5.32 Å². The Bertz CT molecular complexity index is 416. The van der Waals surface area contributed by atoms with Crippen LogP contribution in [0.3, 0.4) is 0 Å². The lowest BCUT2D eigenvalue weighted by Gasteiger charge is -2.29. The third-order valence-electron chi connectivity index (χ3n) is 3.30. The number of carbonyl (C=O) groups is 1. The summed E-state index contributed by atoms with van der Waals surface area (Å²) in [6.45, 7) is 4.10. The minimum absolute atomic E-state index is 0.139. The van der Waals surface area contributed by atoms with Gasteiger partial charge in [-0.05, 0) is 39.9 Å². The summed E-state index contributed by atoms with van der Waals surface area (Å²) in [5.74, 6) is 1.41. The molecule has 0 aliphatic carbocycles. The first-order valence-electron chi connectivity index (χ1n) is 6.49. The van der Waals surface area contributed by atoms with E-state index in [1.807, 2.05) is 6.92 Å². The molecule has 0 unspecified atom stereocenters. The van der Waals surface area contributed by atoms with Crippen molar-refractivity contribution in [1.29, 1.82) is 0 Å². The van der Waals surface area contributed by atoms with Crippen molar-refractivity contribution in [2.24, 2.45) is 0 Å². The number of piperidine rings is 1. The molecule has 7 heteroatoms. The molecule has 0 radical (unpaired) electrons. The number of nitrogens with zero attached hydrogens (tertiary/aromatic N) is 3. The Kier molecular flexibility index (Phi) is 5.59. The Morgan fingerprint density at radius 1 is 1.47 bits per heavy atom. The van der Waals surface area contributed by atoms with Crippen LogP contribution in [-0.2, 0) is 10.5 Å². The average molecular weight is 300 g/mol. The van der Waals surface area contributed by atoms with Crippen molar-refractivity contribution in [3.05, 3.63) is 11.4 Å². The first kappa shape index (κ1) is 14.7. The van der Waals surface area contributed by atoms with E-state index < -0.39 is 0 Å². The Morgan fingerprint density at radius 2 is 2.21 bits per heavy atom. The topological polar surface area (TPSA) is 58.1 Å². The van der Waals surface area contributed by atoms with E-state index in [1.165, 1.54) is 11.7 Å². The summed E-state index contributed by atoms with van der Waals surface area (Å²) >= 11 is 2.84. The van der Waals surface area contributed by atoms with E-state index in [4.69, 9.17) is 0 Å². The summed E-state index contributed by atoms with van der Waals surface area (Å²) in [6.07, 6.45) is 2.12. The molecule has 1 fully saturated rings. The predicted octanol–water partition coefficient (Wildman–Crippen LogP) is 1.29. The van der Waals surface area contributed by atoms with E-state index in [1.54, 1.807) is 11.8 Å². The Hall–Kier alpha value is -0.660. The lowest BCUT2D eigenvalue weighted by atomic mass is 10.1. The van der Waals surface area contributed by atoms with Crippen molar-refractivity contribution in [3.63, 3.8) is 0 Å². The van der Waals surface area contributed by atoms with E-state index in [2.05, 4.69) is 26.0 Å². The van der Waals surface area contributed by atoms with Gasteiger partial charge in [-0.2, -0.15) is 8.75 Å². The number of aromatic nitrogens is 2. The predicted molar refractivity (Wildman–Crippen MR) is 79.5 cm³/mol. The minimum Gasteiger partial charge on any atom is -0.353 e. The molecule has 19 heavy (non-hydrogen) atoms. The van der Waals surface area contributed by atoms with Crippen molar-refractivity contribution in [3.8, 4) is 0 Å². The molecule has 0 aromatic carbocycles. The zero-order chi connectivity index (χ0) is 13.7. The van der Waals surface area contributed by atoms with Gasteiger partial charge in [-0.15, -0.1) is 11.8 Å². The van der Waals surface area contributed by atoms with Crippen LogP contribution in [0.1, 0.15) is 24.2 Å². The standard InChI is InChI=1S/C12H20N4OS2/c1-9-11(15-19-14-9)7-18-8-12(17)13-10-3-5-16(2)6-4-10/h10H,3-8H2,1-2H3,(H,13,17). The van der Waals surface area contributed by atoms with Crippen molar-refractivity contribution in [2.75, 3.05) is 25.9 Å². The maximum Gasteiger partial charge on any atom is 0.230 e. The largest absolute Gasteiger partial charge is 0.353 e. The van der Waals surface area contributed by atoms with Crippen LogP contribution >= 0.6 is 23.5 Å². The fourth-order valence-electron chi connectivity index (χ4n) is 2.04. The summed E-state index contributed by atoms with van der Waals surface area (Å²) < 4.78 is 8.34.